The predicted molar refractivity (Wildman–Crippen MR) is 133 cm³/mol. The van der Waals surface area contributed by atoms with Gasteiger partial charge in [-0.25, -0.2) is 14.2 Å². The zero-order chi connectivity index (χ0) is 28.6. The van der Waals surface area contributed by atoms with Crippen LogP contribution in [-0.4, -0.2) is 36.3 Å². The Morgan fingerprint density at radius 2 is 1.74 bits per heavy atom. The van der Waals surface area contributed by atoms with Gasteiger partial charge in [-0.1, -0.05) is 33.1 Å². The molecular formula is C27H32F4N2O5. The maximum atomic E-state index is 15.2. The molecular weight excluding hydrogens is 508 g/mol. The maximum absolute atomic E-state index is 15.2. The normalized spacial score (nSPS) is 13.8. The average molecular weight is 541 g/mol. The molecule has 1 amide bonds. The van der Waals surface area contributed by atoms with Gasteiger partial charge in [0.15, 0.2) is 17.9 Å². The highest BCUT2D eigenvalue weighted by atomic mass is 19.4. The number of rotatable bonds is 7. The van der Waals surface area contributed by atoms with Crippen LogP contribution in [0.2, 0.25) is 0 Å². The van der Waals surface area contributed by atoms with Crippen LogP contribution in [0.5, 0.6) is 11.6 Å². The van der Waals surface area contributed by atoms with Crippen LogP contribution in [0.3, 0.4) is 0 Å². The first-order valence-corrected chi connectivity index (χ1v) is 12.4. The van der Waals surface area contributed by atoms with E-state index in [0.717, 1.165) is 44.7 Å². The molecule has 0 spiro atoms. The minimum atomic E-state index is -4.95. The van der Waals surface area contributed by atoms with Gasteiger partial charge in [0, 0.05) is 35.9 Å². The summed E-state index contributed by atoms with van der Waals surface area (Å²) < 4.78 is 65.7. The van der Waals surface area contributed by atoms with Gasteiger partial charge in [-0.3, -0.25) is 9.59 Å². The Kier molecular flexibility index (Phi) is 10.8. The number of ether oxygens (including phenoxy) is 2. The number of amides is 1. The lowest BCUT2D eigenvalue weighted by Crippen LogP contribution is -2.42. The Bertz CT molecular complexity index is 1150. The molecule has 1 aromatic heterocycles. The number of aldehydes is 1. The number of alkyl halides is 3. The molecule has 7 nitrogen and oxygen atoms in total. The van der Waals surface area contributed by atoms with Crippen molar-refractivity contribution in [3.8, 4) is 11.6 Å². The molecule has 3 rings (SSSR count). The van der Waals surface area contributed by atoms with E-state index in [1.54, 1.807) is 13.8 Å². The number of carbonyl (C=O) groups is 3. The van der Waals surface area contributed by atoms with Gasteiger partial charge < -0.3 is 14.4 Å². The van der Waals surface area contributed by atoms with E-state index < -0.39 is 41.2 Å². The molecule has 1 saturated carbocycles. The van der Waals surface area contributed by atoms with E-state index in [1.165, 1.54) is 4.90 Å². The van der Waals surface area contributed by atoms with Crippen LogP contribution in [0, 0.1) is 11.7 Å². The van der Waals surface area contributed by atoms with Crippen molar-refractivity contribution in [2.45, 2.75) is 72.0 Å². The van der Waals surface area contributed by atoms with E-state index in [4.69, 9.17) is 9.47 Å². The second-order valence-electron chi connectivity index (χ2n) is 8.77. The first kappa shape index (κ1) is 30.7. The van der Waals surface area contributed by atoms with Gasteiger partial charge in [-0.2, -0.15) is 13.2 Å². The third-order valence-electron chi connectivity index (χ3n) is 5.94. The first-order chi connectivity index (χ1) is 18.0. The molecule has 1 fully saturated rings. The highest BCUT2D eigenvalue weighted by Crippen LogP contribution is 2.40. The van der Waals surface area contributed by atoms with Crippen LogP contribution in [0.25, 0.3) is 0 Å². The van der Waals surface area contributed by atoms with Crippen molar-refractivity contribution in [3.63, 3.8) is 0 Å². The van der Waals surface area contributed by atoms with Crippen molar-refractivity contribution in [1.29, 1.82) is 0 Å². The quantitative estimate of drug-likeness (QED) is 0.214. The van der Waals surface area contributed by atoms with Crippen molar-refractivity contribution >= 4 is 23.9 Å². The van der Waals surface area contributed by atoms with Crippen LogP contribution in [0.15, 0.2) is 24.4 Å². The van der Waals surface area contributed by atoms with Crippen molar-refractivity contribution in [1.82, 2.24) is 4.98 Å². The molecule has 208 valence electrons. The molecule has 0 bridgehead atoms. The number of hydrogen-bond acceptors (Lipinski definition) is 6. The zero-order valence-electron chi connectivity index (χ0n) is 22.0. The summed E-state index contributed by atoms with van der Waals surface area (Å²) in [4.78, 5) is 41.7. The van der Waals surface area contributed by atoms with Gasteiger partial charge in [0.05, 0.1) is 18.4 Å². The summed E-state index contributed by atoms with van der Waals surface area (Å²) in [5, 5.41) is 0. The Labute approximate surface area is 219 Å². The number of pyridine rings is 1. The molecule has 38 heavy (non-hydrogen) atoms. The Morgan fingerprint density at radius 1 is 1.11 bits per heavy atom. The fourth-order valence-electron chi connectivity index (χ4n) is 4.21. The van der Waals surface area contributed by atoms with Crippen molar-refractivity contribution < 1.29 is 41.4 Å². The summed E-state index contributed by atoms with van der Waals surface area (Å²) in [5.74, 6) is -4.35. The number of hydrogen-bond donors (Lipinski definition) is 0. The fraction of sp³-hybridized carbons (Fsp3) is 0.481. The molecule has 1 aliphatic rings. The first-order valence-electron chi connectivity index (χ1n) is 12.4. The molecule has 1 aliphatic carbocycles. The molecule has 0 unspecified atom stereocenters. The Balaban J connectivity index is 0.00000247. The SMILES string of the molecule is CC.COC(=O)c1cc(Oc2ncc(C=O)cc2C(F)(F)F)c(F)cc1N(C(=O)C1CCCCC1)C(C)C. The summed E-state index contributed by atoms with van der Waals surface area (Å²) in [6.45, 7) is 7.41. The third-order valence-corrected chi connectivity index (χ3v) is 5.94. The van der Waals surface area contributed by atoms with E-state index in [2.05, 4.69) is 4.98 Å². The number of carbonyl (C=O) groups excluding carboxylic acids is 3. The minimum Gasteiger partial charge on any atom is -0.465 e. The van der Waals surface area contributed by atoms with E-state index in [0.29, 0.717) is 18.9 Å². The summed E-state index contributed by atoms with van der Waals surface area (Å²) >= 11 is 0. The third kappa shape index (κ3) is 7.08. The number of halogens is 4. The maximum Gasteiger partial charge on any atom is 0.421 e. The Morgan fingerprint density at radius 3 is 2.26 bits per heavy atom. The largest absolute Gasteiger partial charge is 0.465 e. The molecule has 11 heteroatoms. The molecule has 1 heterocycles. The van der Waals surface area contributed by atoms with E-state index >= 15 is 4.39 Å². The highest BCUT2D eigenvalue weighted by molar-refractivity contribution is 6.04. The fourth-order valence-corrected chi connectivity index (χ4v) is 4.21. The number of benzene rings is 1. The number of aromatic nitrogens is 1. The molecule has 1 aromatic carbocycles. The summed E-state index contributed by atoms with van der Waals surface area (Å²) in [7, 11) is 1.08. The van der Waals surface area contributed by atoms with Gasteiger partial charge >= 0.3 is 12.1 Å². The van der Waals surface area contributed by atoms with Crippen LogP contribution in [0.1, 0.15) is 86.1 Å². The number of esters is 1. The van der Waals surface area contributed by atoms with Gasteiger partial charge in [0.2, 0.25) is 11.8 Å². The second-order valence-corrected chi connectivity index (χ2v) is 8.77. The summed E-state index contributed by atoms with van der Waals surface area (Å²) in [5.41, 5.74) is -2.08. The number of methoxy groups -OCH3 is 1. The minimum absolute atomic E-state index is 0.0717. The molecule has 0 atom stereocenters. The van der Waals surface area contributed by atoms with Crippen LogP contribution in [-0.2, 0) is 15.7 Å². The van der Waals surface area contributed by atoms with E-state index in [1.807, 2.05) is 13.8 Å². The predicted octanol–water partition coefficient (Wildman–Crippen LogP) is 6.98. The summed E-state index contributed by atoms with van der Waals surface area (Å²) in [6.07, 6.45) is 0.180. The van der Waals surface area contributed by atoms with Crippen LogP contribution in [0.4, 0.5) is 23.2 Å². The second kappa shape index (κ2) is 13.3. The van der Waals surface area contributed by atoms with Gasteiger partial charge in [-0.05, 0) is 32.8 Å². The smallest absolute Gasteiger partial charge is 0.421 e. The number of nitrogens with zero attached hydrogens (tertiary/aromatic N) is 2. The lowest BCUT2D eigenvalue weighted by atomic mass is 9.87. The Hall–Kier alpha value is -3.50. The van der Waals surface area contributed by atoms with Gasteiger partial charge in [0.25, 0.3) is 0 Å². The highest BCUT2D eigenvalue weighted by Gasteiger charge is 2.37. The average Bonchev–Trinajstić information content (AvgIpc) is 2.90. The van der Waals surface area contributed by atoms with Crippen LogP contribution >= 0.6 is 0 Å². The van der Waals surface area contributed by atoms with Crippen molar-refractivity contribution in [2.24, 2.45) is 5.92 Å². The lowest BCUT2D eigenvalue weighted by Gasteiger charge is -2.33. The molecule has 0 radical (unpaired) electrons. The number of anilines is 1. The zero-order valence-corrected chi connectivity index (χ0v) is 22.0. The summed E-state index contributed by atoms with van der Waals surface area (Å²) in [6, 6.07) is 1.82. The topological polar surface area (TPSA) is 85.8 Å². The monoisotopic (exact) mass is 540 g/mol. The molecule has 0 aliphatic heterocycles. The van der Waals surface area contributed by atoms with Crippen LogP contribution < -0.4 is 9.64 Å². The lowest BCUT2D eigenvalue weighted by molar-refractivity contribution is -0.139. The van der Waals surface area contributed by atoms with E-state index in [-0.39, 0.29) is 34.9 Å². The van der Waals surface area contributed by atoms with Gasteiger partial charge in [0.1, 0.15) is 5.56 Å². The standard InChI is InChI=1S/C25H26F4N2O5.C2H6/c1-14(2)31(23(33)16-7-5-4-6-8-16)20-11-19(26)21(10-17(20)24(34)35-3)36-22-18(25(27,28)29)9-15(13-32)12-30-22;1-2/h9-14,16H,4-8H2,1-3H3;1-2H3. The molecule has 0 saturated heterocycles. The molecule has 0 N–H and O–H groups in total. The van der Waals surface area contributed by atoms with E-state index in [9.17, 15) is 27.6 Å². The molecule has 2 aromatic rings. The van der Waals surface area contributed by atoms with Gasteiger partial charge in [-0.15, -0.1) is 0 Å². The van der Waals surface area contributed by atoms with Crippen molar-refractivity contribution in [3.05, 3.63) is 46.9 Å². The van der Waals surface area contributed by atoms with Crippen molar-refractivity contribution in [2.75, 3.05) is 12.0 Å².